The quantitative estimate of drug-likeness (QED) is 0.799. The van der Waals surface area contributed by atoms with E-state index in [0.717, 1.165) is 12.2 Å². The van der Waals surface area contributed by atoms with Crippen LogP contribution < -0.4 is 4.90 Å². The molecule has 2 fully saturated rings. The topological polar surface area (TPSA) is 49.9 Å². The van der Waals surface area contributed by atoms with Gasteiger partial charge in [-0.15, -0.1) is 0 Å². The van der Waals surface area contributed by atoms with Crippen LogP contribution in [0, 0.1) is 5.92 Å². The van der Waals surface area contributed by atoms with Gasteiger partial charge in [-0.3, -0.25) is 14.5 Å². The molecule has 1 aromatic rings. The van der Waals surface area contributed by atoms with Gasteiger partial charge in [0.25, 0.3) is 0 Å². The second kappa shape index (κ2) is 7.13. The van der Waals surface area contributed by atoms with Gasteiger partial charge >= 0.3 is 5.97 Å². The lowest BCUT2D eigenvalue weighted by atomic mass is 10.1. The Bertz CT molecular complexity index is 564. The molecule has 1 unspecified atom stereocenters. The van der Waals surface area contributed by atoms with Gasteiger partial charge in [-0.25, -0.2) is 0 Å². The minimum Gasteiger partial charge on any atom is -0.469 e. The molecule has 0 spiro atoms. The lowest BCUT2D eigenvalue weighted by Crippen LogP contribution is -2.29. The zero-order chi connectivity index (χ0) is 16.2. The molecule has 0 radical (unpaired) electrons. The average molecular weight is 316 g/mol. The van der Waals surface area contributed by atoms with Crippen molar-refractivity contribution in [3.05, 3.63) is 29.8 Å². The number of amides is 1. The number of benzene rings is 1. The molecular formula is C18H24N2O3. The van der Waals surface area contributed by atoms with Gasteiger partial charge in [0.1, 0.15) is 0 Å². The van der Waals surface area contributed by atoms with Crippen LogP contribution in [-0.2, 0) is 20.9 Å². The average Bonchev–Trinajstić information content (AvgIpc) is 2.98. The standard InChI is InChI=1S/C18H24N2O3/c1-23-18(22)15-11-17(21)20(13-15)16-7-5-14(6-8-16)12-19-9-3-2-4-10-19/h5-8,15H,2-4,9-13H2,1H3. The largest absolute Gasteiger partial charge is 0.469 e. The molecule has 1 amide bonds. The number of ether oxygens (including phenoxy) is 1. The van der Waals surface area contributed by atoms with Gasteiger partial charge in [0.2, 0.25) is 5.91 Å². The predicted molar refractivity (Wildman–Crippen MR) is 88.0 cm³/mol. The van der Waals surface area contributed by atoms with Crippen molar-refractivity contribution in [2.45, 2.75) is 32.2 Å². The molecule has 3 rings (SSSR count). The van der Waals surface area contributed by atoms with E-state index in [2.05, 4.69) is 17.0 Å². The number of carbonyl (C=O) groups excluding carboxylic acids is 2. The maximum absolute atomic E-state index is 12.1. The number of hydrogen-bond acceptors (Lipinski definition) is 4. The first-order valence-corrected chi connectivity index (χ1v) is 8.37. The summed E-state index contributed by atoms with van der Waals surface area (Å²) in [6, 6.07) is 8.14. The Morgan fingerprint density at radius 2 is 1.87 bits per heavy atom. The van der Waals surface area contributed by atoms with Gasteiger partial charge in [0.05, 0.1) is 13.0 Å². The predicted octanol–water partition coefficient (Wildman–Crippen LogP) is 2.20. The van der Waals surface area contributed by atoms with E-state index >= 15 is 0 Å². The monoisotopic (exact) mass is 316 g/mol. The molecule has 2 aliphatic heterocycles. The van der Waals surface area contributed by atoms with Crippen molar-refractivity contribution in [3.63, 3.8) is 0 Å². The van der Waals surface area contributed by atoms with E-state index < -0.39 is 0 Å². The van der Waals surface area contributed by atoms with Crippen molar-refractivity contribution >= 4 is 17.6 Å². The molecule has 2 saturated heterocycles. The number of piperidine rings is 1. The molecule has 5 nitrogen and oxygen atoms in total. The van der Waals surface area contributed by atoms with Crippen molar-refractivity contribution in [1.82, 2.24) is 4.90 Å². The van der Waals surface area contributed by atoms with Crippen LogP contribution in [0.15, 0.2) is 24.3 Å². The van der Waals surface area contributed by atoms with E-state index in [-0.39, 0.29) is 24.2 Å². The smallest absolute Gasteiger partial charge is 0.311 e. The molecule has 1 atom stereocenters. The van der Waals surface area contributed by atoms with Crippen LogP contribution in [0.5, 0.6) is 0 Å². The summed E-state index contributed by atoms with van der Waals surface area (Å²) in [6.45, 7) is 3.73. The highest BCUT2D eigenvalue weighted by atomic mass is 16.5. The van der Waals surface area contributed by atoms with Gasteiger partial charge in [-0.05, 0) is 43.6 Å². The van der Waals surface area contributed by atoms with Crippen molar-refractivity contribution in [2.24, 2.45) is 5.92 Å². The third-order valence-corrected chi connectivity index (χ3v) is 4.76. The normalized spacial score (nSPS) is 22.4. The number of rotatable bonds is 4. The fourth-order valence-corrected chi connectivity index (χ4v) is 3.44. The third-order valence-electron chi connectivity index (χ3n) is 4.76. The molecule has 5 heteroatoms. The maximum atomic E-state index is 12.1. The summed E-state index contributed by atoms with van der Waals surface area (Å²) < 4.78 is 4.75. The molecule has 2 heterocycles. The minimum absolute atomic E-state index is 0.0100. The van der Waals surface area contributed by atoms with Gasteiger partial charge < -0.3 is 9.64 Å². The molecule has 1 aromatic carbocycles. The van der Waals surface area contributed by atoms with Gasteiger partial charge in [0.15, 0.2) is 0 Å². The number of nitrogens with zero attached hydrogens (tertiary/aromatic N) is 2. The first-order valence-electron chi connectivity index (χ1n) is 8.37. The minimum atomic E-state index is -0.347. The van der Waals surface area contributed by atoms with Crippen LogP contribution in [0.3, 0.4) is 0 Å². The van der Waals surface area contributed by atoms with Crippen molar-refractivity contribution in [3.8, 4) is 0 Å². The summed E-state index contributed by atoms with van der Waals surface area (Å²) in [6.07, 6.45) is 4.15. The number of likely N-dealkylation sites (tertiary alicyclic amines) is 1. The zero-order valence-electron chi connectivity index (χ0n) is 13.7. The van der Waals surface area contributed by atoms with E-state index in [1.165, 1.54) is 45.0 Å². The van der Waals surface area contributed by atoms with Crippen molar-refractivity contribution in [1.29, 1.82) is 0 Å². The number of hydrogen-bond donors (Lipinski definition) is 0. The molecule has 0 bridgehead atoms. The van der Waals surface area contributed by atoms with Gasteiger partial charge in [-0.2, -0.15) is 0 Å². The third kappa shape index (κ3) is 3.72. The molecule has 2 aliphatic rings. The Morgan fingerprint density at radius 3 is 2.52 bits per heavy atom. The van der Waals surface area contributed by atoms with Crippen molar-refractivity contribution < 1.29 is 14.3 Å². The number of esters is 1. The van der Waals surface area contributed by atoms with Gasteiger partial charge in [-0.1, -0.05) is 18.6 Å². The first-order chi connectivity index (χ1) is 11.2. The van der Waals surface area contributed by atoms with E-state index in [1.807, 2.05) is 12.1 Å². The second-order valence-electron chi connectivity index (χ2n) is 6.43. The zero-order valence-corrected chi connectivity index (χ0v) is 13.7. The van der Waals surface area contributed by atoms with E-state index in [4.69, 9.17) is 4.74 Å². The molecule has 0 saturated carbocycles. The summed E-state index contributed by atoms with van der Waals surface area (Å²) in [5.41, 5.74) is 2.13. The Kier molecular flexibility index (Phi) is 4.96. The Morgan fingerprint density at radius 1 is 1.17 bits per heavy atom. The summed E-state index contributed by atoms with van der Waals surface area (Å²) >= 11 is 0. The van der Waals surface area contributed by atoms with Crippen molar-refractivity contribution in [2.75, 3.05) is 31.6 Å². The lowest BCUT2D eigenvalue weighted by molar-refractivity contribution is -0.145. The number of anilines is 1. The van der Waals surface area contributed by atoms with E-state index in [9.17, 15) is 9.59 Å². The highest BCUT2D eigenvalue weighted by Gasteiger charge is 2.35. The SMILES string of the molecule is COC(=O)C1CC(=O)N(c2ccc(CN3CCCCC3)cc2)C1. The lowest BCUT2D eigenvalue weighted by Gasteiger charge is -2.26. The Labute approximate surface area is 137 Å². The second-order valence-corrected chi connectivity index (χ2v) is 6.43. The van der Waals surface area contributed by atoms with Crippen LogP contribution in [0.25, 0.3) is 0 Å². The van der Waals surface area contributed by atoms with Crippen LogP contribution in [0.4, 0.5) is 5.69 Å². The molecule has 124 valence electrons. The molecular weight excluding hydrogens is 292 g/mol. The number of methoxy groups -OCH3 is 1. The fourth-order valence-electron chi connectivity index (χ4n) is 3.44. The number of carbonyl (C=O) groups is 2. The van der Waals surface area contributed by atoms with Gasteiger partial charge in [0, 0.05) is 25.2 Å². The summed E-state index contributed by atoms with van der Waals surface area (Å²) in [5, 5.41) is 0. The maximum Gasteiger partial charge on any atom is 0.311 e. The van der Waals surface area contributed by atoms with Crippen LogP contribution in [0.2, 0.25) is 0 Å². The molecule has 23 heavy (non-hydrogen) atoms. The summed E-state index contributed by atoms with van der Waals surface area (Å²) in [7, 11) is 1.37. The van der Waals surface area contributed by atoms with Crippen LogP contribution >= 0.6 is 0 Å². The molecule has 0 N–H and O–H groups in total. The Hall–Kier alpha value is -1.88. The summed E-state index contributed by atoms with van der Waals surface area (Å²) in [4.78, 5) is 27.9. The highest BCUT2D eigenvalue weighted by molar-refractivity contribution is 5.99. The highest BCUT2D eigenvalue weighted by Crippen LogP contribution is 2.26. The van der Waals surface area contributed by atoms with E-state index in [0.29, 0.717) is 6.54 Å². The first kappa shape index (κ1) is 16.0. The van der Waals surface area contributed by atoms with Crippen LogP contribution in [-0.4, -0.2) is 43.5 Å². The summed E-state index contributed by atoms with van der Waals surface area (Å²) in [5.74, 6) is -0.660. The molecule has 0 aromatic heterocycles. The Balaban J connectivity index is 1.62. The van der Waals surface area contributed by atoms with E-state index in [1.54, 1.807) is 4.90 Å². The van der Waals surface area contributed by atoms with Crippen LogP contribution in [0.1, 0.15) is 31.2 Å². The molecule has 0 aliphatic carbocycles. The fraction of sp³-hybridized carbons (Fsp3) is 0.556.